The maximum atomic E-state index is 13.9. The molecule has 0 aliphatic carbocycles. The van der Waals surface area contributed by atoms with Crippen LogP contribution in [0, 0.1) is 17.1 Å². The van der Waals surface area contributed by atoms with E-state index in [1.165, 1.54) is 25.5 Å². The molecule has 0 radical (unpaired) electrons. The summed E-state index contributed by atoms with van der Waals surface area (Å²) in [5, 5.41) is 15.4. The lowest BCUT2D eigenvalue weighted by Crippen LogP contribution is -2.48. The largest absolute Gasteiger partial charge is 0.354 e. The molecule has 1 aliphatic rings. The average Bonchev–Trinajstić information content (AvgIpc) is 2.65. The average molecular weight is 473 g/mol. The van der Waals surface area contributed by atoms with Gasteiger partial charge in [0.05, 0.1) is 11.6 Å². The van der Waals surface area contributed by atoms with Gasteiger partial charge in [0.1, 0.15) is 5.82 Å². The fraction of sp³-hybridized carbons (Fsp3) is 0.579. The van der Waals surface area contributed by atoms with Crippen molar-refractivity contribution < 1.29 is 4.39 Å². The number of rotatable bonds is 6. The molecule has 144 valence electrons. The standard InChI is InChI=1S/C19H28FN5.HI/c1-3-4-9-25-10-7-17(8-11-25)24-19(22-2)23-14-16-6-5-15(13-21)12-18(16)20;/h5-6,12,17H,3-4,7-11,14H2,1-2H3,(H2,22,23,24);1H. The van der Waals surface area contributed by atoms with E-state index in [4.69, 9.17) is 5.26 Å². The zero-order chi connectivity index (χ0) is 18.1. The molecule has 0 bridgehead atoms. The van der Waals surface area contributed by atoms with Crippen LogP contribution in [0.15, 0.2) is 23.2 Å². The summed E-state index contributed by atoms with van der Waals surface area (Å²) in [6.07, 6.45) is 4.68. The van der Waals surface area contributed by atoms with Crippen LogP contribution in [0.25, 0.3) is 0 Å². The van der Waals surface area contributed by atoms with Crippen LogP contribution in [-0.4, -0.2) is 43.6 Å². The van der Waals surface area contributed by atoms with E-state index >= 15 is 0 Å². The van der Waals surface area contributed by atoms with Gasteiger partial charge in [-0.05, 0) is 37.9 Å². The van der Waals surface area contributed by atoms with Gasteiger partial charge in [-0.2, -0.15) is 5.26 Å². The van der Waals surface area contributed by atoms with Crippen LogP contribution in [0.5, 0.6) is 0 Å². The normalized spacial score (nSPS) is 15.8. The van der Waals surface area contributed by atoms with Crippen molar-refractivity contribution in [2.45, 2.75) is 45.2 Å². The highest BCUT2D eigenvalue weighted by molar-refractivity contribution is 14.0. The van der Waals surface area contributed by atoms with Gasteiger partial charge in [0.15, 0.2) is 5.96 Å². The second kappa shape index (κ2) is 12.1. The summed E-state index contributed by atoms with van der Waals surface area (Å²) in [6.45, 7) is 5.97. The zero-order valence-electron chi connectivity index (χ0n) is 15.6. The van der Waals surface area contributed by atoms with Gasteiger partial charge in [-0.25, -0.2) is 4.39 Å². The molecule has 2 rings (SSSR count). The number of benzene rings is 1. The van der Waals surface area contributed by atoms with Crippen LogP contribution in [0.4, 0.5) is 4.39 Å². The predicted octanol–water partition coefficient (Wildman–Crippen LogP) is 3.24. The molecule has 0 saturated carbocycles. The fourth-order valence-corrected chi connectivity index (χ4v) is 3.01. The van der Waals surface area contributed by atoms with E-state index in [1.807, 2.05) is 6.07 Å². The molecule has 0 spiro atoms. The Labute approximate surface area is 173 Å². The number of aliphatic imine (C=N–C) groups is 1. The molecule has 2 N–H and O–H groups in total. The molecule has 1 saturated heterocycles. The number of likely N-dealkylation sites (tertiary alicyclic amines) is 1. The van der Waals surface area contributed by atoms with Gasteiger partial charge in [-0.3, -0.25) is 4.99 Å². The van der Waals surface area contributed by atoms with Crippen molar-refractivity contribution in [2.24, 2.45) is 4.99 Å². The number of guanidine groups is 1. The van der Waals surface area contributed by atoms with E-state index in [0.717, 1.165) is 25.9 Å². The van der Waals surface area contributed by atoms with Gasteiger partial charge in [0, 0.05) is 38.3 Å². The summed E-state index contributed by atoms with van der Waals surface area (Å²) in [7, 11) is 1.72. The number of unbranched alkanes of at least 4 members (excludes halogenated alkanes) is 1. The summed E-state index contributed by atoms with van der Waals surface area (Å²) >= 11 is 0. The van der Waals surface area contributed by atoms with Gasteiger partial charge in [0.25, 0.3) is 0 Å². The summed E-state index contributed by atoms with van der Waals surface area (Å²) in [5.74, 6) is 0.321. The van der Waals surface area contributed by atoms with Crippen LogP contribution in [0.3, 0.4) is 0 Å². The second-order valence-electron chi connectivity index (χ2n) is 6.46. The number of nitrogens with one attached hydrogen (secondary N) is 2. The Morgan fingerprint density at radius 2 is 2.12 bits per heavy atom. The molecule has 1 aromatic carbocycles. The maximum absolute atomic E-state index is 13.9. The van der Waals surface area contributed by atoms with Gasteiger partial charge in [0.2, 0.25) is 0 Å². The highest BCUT2D eigenvalue weighted by atomic mass is 127. The third-order valence-electron chi connectivity index (χ3n) is 4.61. The summed E-state index contributed by atoms with van der Waals surface area (Å²) in [4.78, 5) is 6.75. The van der Waals surface area contributed by atoms with Crippen molar-refractivity contribution >= 4 is 29.9 Å². The minimum absolute atomic E-state index is 0. The third-order valence-corrected chi connectivity index (χ3v) is 4.61. The maximum Gasteiger partial charge on any atom is 0.191 e. The fourth-order valence-electron chi connectivity index (χ4n) is 3.01. The Morgan fingerprint density at radius 3 is 2.69 bits per heavy atom. The highest BCUT2D eigenvalue weighted by Crippen LogP contribution is 2.12. The second-order valence-corrected chi connectivity index (χ2v) is 6.46. The lowest BCUT2D eigenvalue weighted by atomic mass is 10.0. The molecule has 0 aromatic heterocycles. The Hall–Kier alpha value is -1.40. The topological polar surface area (TPSA) is 63.4 Å². The predicted molar refractivity (Wildman–Crippen MR) is 114 cm³/mol. The molecular formula is C19H29FIN5. The molecule has 1 aromatic rings. The molecule has 0 unspecified atom stereocenters. The Morgan fingerprint density at radius 1 is 1.38 bits per heavy atom. The van der Waals surface area contributed by atoms with E-state index in [2.05, 4.69) is 27.4 Å². The summed E-state index contributed by atoms with van der Waals surface area (Å²) in [5.41, 5.74) is 0.856. The molecule has 1 heterocycles. The minimum Gasteiger partial charge on any atom is -0.354 e. The Bertz CT molecular complexity index is 621. The van der Waals surface area contributed by atoms with Crippen LogP contribution >= 0.6 is 24.0 Å². The zero-order valence-corrected chi connectivity index (χ0v) is 17.9. The molecule has 7 heteroatoms. The number of hydrogen-bond acceptors (Lipinski definition) is 3. The van der Waals surface area contributed by atoms with Crippen molar-refractivity contribution in [3.63, 3.8) is 0 Å². The van der Waals surface area contributed by atoms with Gasteiger partial charge in [-0.1, -0.05) is 19.4 Å². The van der Waals surface area contributed by atoms with E-state index in [0.29, 0.717) is 29.7 Å². The van der Waals surface area contributed by atoms with Crippen molar-refractivity contribution in [3.8, 4) is 6.07 Å². The number of piperidine rings is 1. The monoisotopic (exact) mass is 473 g/mol. The SMILES string of the molecule is CCCCN1CCC(NC(=NC)NCc2ccc(C#N)cc2F)CC1.I. The molecule has 0 amide bonds. The number of nitriles is 1. The van der Waals surface area contributed by atoms with Crippen molar-refractivity contribution in [3.05, 3.63) is 35.1 Å². The number of halogens is 2. The van der Waals surface area contributed by atoms with Gasteiger partial charge in [-0.15, -0.1) is 24.0 Å². The number of hydrogen-bond donors (Lipinski definition) is 2. The molecule has 5 nitrogen and oxygen atoms in total. The number of nitrogens with zero attached hydrogens (tertiary/aromatic N) is 3. The molecule has 1 fully saturated rings. The van der Waals surface area contributed by atoms with Crippen LogP contribution in [0.2, 0.25) is 0 Å². The minimum atomic E-state index is -0.369. The summed E-state index contributed by atoms with van der Waals surface area (Å²) < 4.78 is 13.9. The van der Waals surface area contributed by atoms with Crippen LogP contribution in [-0.2, 0) is 6.54 Å². The third kappa shape index (κ3) is 7.08. The Balaban J connectivity index is 0.00000338. The van der Waals surface area contributed by atoms with Crippen LogP contribution < -0.4 is 10.6 Å². The lowest BCUT2D eigenvalue weighted by Gasteiger charge is -2.33. The van der Waals surface area contributed by atoms with E-state index in [1.54, 1.807) is 19.2 Å². The quantitative estimate of drug-likeness (QED) is 0.379. The van der Waals surface area contributed by atoms with E-state index in [-0.39, 0.29) is 29.8 Å². The molecule has 0 atom stereocenters. The highest BCUT2D eigenvalue weighted by Gasteiger charge is 2.19. The van der Waals surface area contributed by atoms with Crippen molar-refractivity contribution in [1.82, 2.24) is 15.5 Å². The van der Waals surface area contributed by atoms with Crippen molar-refractivity contribution in [2.75, 3.05) is 26.7 Å². The lowest BCUT2D eigenvalue weighted by molar-refractivity contribution is 0.203. The summed E-state index contributed by atoms with van der Waals surface area (Å²) in [6, 6.07) is 6.87. The first-order valence-electron chi connectivity index (χ1n) is 9.04. The van der Waals surface area contributed by atoms with Gasteiger partial charge < -0.3 is 15.5 Å². The van der Waals surface area contributed by atoms with E-state index < -0.39 is 0 Å². The first kappa shape index (κ1) is 22.6. The van der Waals surface area contributed by atoms with Crippen LogP contribution in [0.1, 0.15) is 43.7 Å². The van der Waals surface area contributed by atoms with Gasteiger partial charge >= 0.3 is 0 Å². The smallest absolute Gasteiger partial charge is 0.191 e. The molecule has 26 heavy (non-hydrogen) atoms. The first-order chi connectivity index (χ1) is 12.2. The first-order valence-corrected chi connectivity index (χ1v) is 9.04. The molecular weight excluding hydrogens is 444 g/mol. The Kier molecular flexibility index (Phi) is 10.5. The van der Waals surface area contributed by atoms with Crippen molar-refractivity contribution in [1.29, 1.82) is 5.26 Å². The van der Waals surface area contributed by atoms with E-state index in [9.17, 15) is 4.39 Å². The molecule has 1 aliphatic heterocycles.